The van der Waals surface area contributed by atoms with Crippen LogP contribution in [-0.2, 0) is 12.8 Å². The fraction of sp³-hybridized carbons (Fsp3) is 0.655. The molecule has 3 nitrogen and oxygen atoms in total. The second kappa shape index (κ2) is 14.3. The lowest BCUT2D eigenvalue weighted by Gasteiger charge is -2.27. The van der Waals surface area contributed by atoms with Gasteiger partial charge in [-0.05, 0) is 80.5 Å². The zero-order valence-electron chi connectivity index (χ0n) is 20.5. The second-order valence-electron chi connectivity index (χ2n) is 9.74. The highest BCUT2D eigenvalue weighted by Gasteiger charge is 2.24. The van der Waals surface area contributed by atoms with E-state index in [0.29, 0.717) is 11.8 Å². The van der Waals surface area contributed by atoms with Gasteiger partial charge < -0.3 is 4.74 Å². The molecule has 32 heavy (non-hydrogen) atoms. The van der Waals surface area contributed by atoms with E-state index in [1.54, 1.807) is 0 Å². The lowest BCUT2D eigenvalue weighted by Crippen LogP contribution is -2.20. The van der Waals surface area contributed by atoms with E-state index in [9.17, 15) is 0 Å². The normalized spacial score (nSPS) is 18.6. The minimum Gasteiger partial charge on any atom is -0.493 e. The Balaban J connectivity index is 1.33. The van der Waals surface area contributed by atoms with Crippen LogP contribution >= 0.6 is 0 Å². The number of hydrogen-bond donors (Lipinski definition) is 0. The van der Waals surface area contributed by atoms with Gasteiger partial charge in [0, 0.05) is 18.3 Å². The molecular formula is C29H44N2O. The van der Waals surface area contributed by atoms with E-state index in [2.05, 4.69) is 50.5 Å². The molecule has 0 atom stereocenters. The molecule has 0 spiro atoms. The van der Waals surface area contributed by atoms with Gasteiger partial charge in [-0.1, -0.05) is 64.5 Å². The average molecular weight is 437 g/mol. The first-order valence-corrected chi connectivity index (χ1v) is 13.3. The summed E-state index contributed by atoms with van der Waals surface area (Å²) in [5, 5.41) is 0. The Morgan fingerprint density at radius 1 is 0.719 bits per heavy atom. The Hall–Kier alpha value is -1.90. The van der Waals surface area contributed by atoms with Crippen LogP contribution in [0.3, 0.4) is 0 Å². The number of benzene rings is 1. The molecule has 0 radical (unpaired) electrons. The molecule has 1 aliphatic carbocycles. The summed E-state index contributed by atoms with van der Waals surface area (Å²) in [7, 11) is 0. The molecule has 0 unspecified atom stereocenters. The summed E-state index contributed by atoms with van der Waals surface area (Å²) in [6.45, 7) is 5.35. The van der Waals surface area contributed by atoms with E-state index in [1.807, 2.05) is 0 Å². The van der Waals surface area contributed by atoms with Gasteiger partial charge in [-0.3, -0.25) is 0 Å². The van der Waals surface area contributed by atoms with Gasteiger partial charge in [-0.25, -0.2) is 9.97 Å². The molecule has 0 aliphatic heterocycles. The van der Waals surface area contributed by atoms with Crippen molar-refractivity contribution in [3.8, 4) is 5.75 Å². The fourth-order valence-corrected chi connectivity index (χ4v) is 4.77. The maximum atomic E-state index is 6.13. The lowest BCUT2D eigenvalue weighted by atomic mass is 9.82. The van der Waals surface area contributed by atoms with E-state index < -0.39 is 0 Å². The minimum atomic E-state index is 0.521. The first kappa shape index (κ1) is 24.7. The van der Waals surface area contributed by atoms with Crippen molar-refractivity contribution in [3.05, 3.63) is 53.6 Å². The van der Waals surface area contributed by atoms with Crippen molar-refractivity contribution >= 4 is 0 Å². The maximum Gasteiger partial charge on any atom is 0.131 e. The quantitative estimate of drug-likeness (QED) is 0.281. The summed E-state index contributed by atoms with van der Waals surface area (Å²) in [5.74, 6) is 3.24. The van der Waals surface area contributed by atoms with E-state index >= 15 is 0 Å². The molecule has 3 heteroatoms. The number of aromatic nitrogens is 2. The molecular weight excluding hydrogens is 392 g/mol. The molecule has 0 bridgehead atoms. The van der Waals surface area contributed by atoms with Crippen molar-refractivity contribution in [1.82, 2.24) is 9.97 Å². The molecule has 1 saturated carbocycles. The molecule has 176 valence electrons. The van der Waals surface area contributed by atoms with Crippen molar-refractivity contribution in [1.29, 1.82) is 0 Å². The largest absolute Gasteiger partial charge is 0.493 e. The molecule has 3 rings (SSSR count). The predicted molar refractivity (Wildman–Crippen MR) is 134 cm³/mol. The predicted octanol–water partition coefficient (Wildman–Crippen LogP) is 8.08. The van der Waals surface area contributed by atoms with Gasteiger partial charge in [0.1, 0.15) is 11.6 Å². The van der Waals surface area contributed by atoms with Crippen LogP contribution in [-0.4, -0.2) is 16.6 Å². The van der Waals surface area contributed by atoms with Crippen molar-refractivity contribution in [2.24, 2.45) is 5.92 Å². The number of unbranched alkanes of at least 4 members (excludes halogenated alkanes) is 6. The number of nitrogens with zero attached hydrogens (tertiary/aromatic N) is 2. The summed E-state index contributed by atoms with van der Waals surface area (Å²) < 4.78 is 6.13. The Labute approximate surface area is 196 Å². The summed E-state index contributed by atoms with van der Waals surface area (Å²) in [6, 6.07) is 8.80. The highest BCUT2D eigenvalue weighted by molar-refractivity contribution is 5.27. The first-order valence-electron chi connectivity index (χ1n) is 13.3. The molecule has 1 aliphatic rings. The Morgan fingerprint density at radius 3 is 2.00 bits per heavy atom. The van der Waals surface area contributed by atoms with Crippen LogP contribution in [0, 0.1) is 5.92 Å². The van der Waals surface area contributed by atoms with Gasteiger partial charge >= 0.3 is 0 Å². The molecule has 0 saturated heterocycles. The smallest absolute Gasteiger partial charge is 0.131 e. The SMILES string of the molecule is CCCCCCCc1ccc(OCC2CCC(c3ncc(CCCCC)cn3)CC2)cc1. The zero-order chi connectivity index (χ0) is 22.4. The Kier molecular flexibility index (Phi) is 11.0. The Morgan fingerprint density at radius 2 is 1.31 bits per heavy atom. The van der Waals surface area contributed by atoms with Crippen molar-refractivity contribution in [3.63, 3.8) is 0 Å². The van der Waals surface area contributed by atoms with Gasteiger partial charge in [0.05, 0.1) is 6.61 Å². The van der Waals surface area contributed by atoms with Gasteiger partial charge in [0.2, 0.25) is 0 Å². The highest BCUT2D eigenvalue weighted by Crippen LogP contribution is 2.34. The van der Waals surface area contributed by atoms with Gasteiger partial charge in [-0.15, -0.1) is 0 Å². The molecule has 2 aromatic rings. The standard InChI is InChI=1S/C29H44N2O/c1-3-5-7-8-10-11-24-15-19-28(20-16-24)32-23-25-13-17-27(18-14-25)29-30-21-26(22-31-29)12-9-6-4-2/h15-16,19-22,25,27H,3-14,17-18,23H2,1-2H3. The average Bonchev–Trinajstić information content (AvgIpc) is 2.84. The Bertz CT molecular complexity index is 733. The molecule has 1 heterocycles. The van der Waals surface area contributed by atoms with Crippen LogP contribution in [0.25, 0.3) is 0 Å². The van der Waals surface area contributed by atoms with E-state index in [1.165, 1.54) is 94.6 Å². The van der Waals surface area contributed by atoms with Crippen molar-refractivity contribution < 1.29 is 4.74 Å². The molecule has 1 aromatic heterocycles. The summed E-state index contributed by atoms with van der Waals surface area (Å²) in [4.78, 5) is 9.40. The maximum absolute atomic E-state index is 6.13. The van der Waals surface area contributed by atoms with Crippen LogP contribution in [0.4, 0.5) is 0 Å². The first-order chi connectivity index (χ1) is 15.8. The highest BCUT2D eigenvalue weighted by atomic mass is 16.5. The van der Waals surface area contributed by atoms with Crippen molar-refractivity contribution in [2.45, 2.75) is 110 Å². The van der Waals surface area contributed by atoms with Crippen LogP contribution < -0.4 is 4.74 Å². The van der Waals surface area contributed by atoms with Crippen LogP contribution in [0.2, 0.25) is 0 Å². The fourth-order valence-electron chi connectivity index (χ4n) is 4.77. The van der Waals surface area contributed by atoms with E-state index in [4.69, 9.17) is 14.7 Å². The van der Waals surface area contributed by atoms with E-state index in [0.717, 1.165) is 24.6 Å². The van der Waals surface area contributed by atoms with E-state index in [-0.39, 0.29) is 0 Å². The topological polar surface area (TPSA) is 35.0 Å². The molecule has 0 amide bonds. The number of ether oxygens (including phenoxy) is 1. The number of hydrogen-bond acceptors (Lipinski definition) is 3. The van der Waals surface area contributed by atoms with Crippen LogP contribution in [0.1, 0.15) is 114 Å². The second-order valence-corrected chi connectivity index (χ2v) is 9.74. The molecule has 0 N–H and O–H groups in total. The van der Waals surface area contributed by atoms with Crippen molar-refractivity contribution in [2.75, 3.05) is 6.61 Å². The zero-order valence-corrected chi connectivity index (χ0v) is 20.5. The monoisotopic (exact) mass is 436 g/mol. The third kappa shape index (κ3) is 8.56. The molecule has 1 aromatic carbocycles. The van der Waals surface area contributed by atoms with Gasteiger partial charge in [0.25, 0.3) is 0 Å². The van der Waals surface area contributed by atoms with Crippen LogP contribution in [0.15, 0.2) is 36.7 Å². The summed E-state index contributed by atoms with van der Waals surface area (Å²) >= 11 is 0. The third-order valence-electron chi connectivity index (χ3n) is 6.98. The van der Waals surface area contributed by atoms with Gasteiger partial charge in [0.15, 0.2) is 0 Å². The minimum absolute atomic E-state index is 0.521. The van der Waals surface area contributed by atoms with Gasteiger partial charge in [-0.2, -0.15) is 0 Å². The third-order valence-corrected chi connectivity index (χ3v) is 6.98. The molecule has 1 fully saturated rings. The summed E-state index contributed by atoms with van der Waals surface area (Å²) in [5.41, 5.74) is 2.72. The number of aryl methyl sites for hydroxylation is 2. The van der Waals surface area contributed by atoms with Crippen LogP contribution in [0.5, 0.6) is 5.75 Å². The lowest BCUT2D eigenvalue weighted by molar-refractivity contribution is 0.198. The summed E-state index contributed by atoms with van der Waals surface area (Å²) in [6.07, 6.45) is 21.7. The number of rotatable bonds is 14.